The van der Waals surface area contributed by atoms with Gasteiger partial charge in [0.05, 0.1) is 23.2 Å². The van der Waals surface area contributed by atoms with Gasteiger partial charge in [-0.25, -0.2) is 0 Å². The lowest BCUT2D eigenvalue weighted by atomic mass is 10.00. The first-order valence-corrected chi connectivity index (χ1v) is 14.1. The predicted octanol–water partition coefficient (Wildman–Crippen LogP) is 6.21. The molecule has 1 atom stereocenters. The summed E-state index contributed by atoms with van der Waals surface area (Å²) in [5, 5.41) is 11.7. The van der Waals surface area contributed by atoms with Gasteiger partial charge in [-0.15, -0.1) is 0 Å². The van der Waals surface area contributed by atoms with Crippen molar-refractivity contribution in [3.63, 3.8) is 0 Å². The molecule has 3 rings (SSSR count). The number of nitrogens with zero attached hydrogens (tertiary/aromatic N) is 3. The Hall–Kier alpha value is -4.01. The molecular weight excluding hydrogens is 600 g/mol. The summed E-state index contributed by atoms with van der Waals surface area (Å²) in [5.74, 6) is -0.254. The quantitative estimate of drug-likeness (QED) is 0.158. The summed E-state index contributed by atoms with van der Waals surface area (Å²) in [6, 6.07) is 9.30. The van der Waals surface area contributed by atoms with Crippen molar-refractivity contribution in [3.05, 3.63) is 81.7 Å². The number of carbonyl (C=O) groups excluding carboxylic acids is 2. The largest absolute Gasteiger partial charge is 0.437 e. The number of hydrogen-bond donors (Lipinski definition) is 2. The van der Waals surface area contributed by atoms with Crippen LogP contribution < -0.4 is 10.6 Å². The number of amides is 2. The number of aromatic nitrogens is 2. The number of aryl methyl sites for hydroxylation is 2. The highest BCUT2D eigenvalue weighted by molar-refractivity contribution is 7.98. The summed E-state index contributed by atoms with van der Waals surface area (Å²) in [6.07, 6.45) is -7.91. The van der Waals surface area contributed by atoms with Crippen LogP contribution in [-0.2, 0) is 17.6 Å². The smallest absolute Gasteiger partial charge is 0.399 e. The first-order chi connectivity index (χ1) is 20.1. The van der Waals surface area contributed by atoms with Crippen molar-refractivity contribution >= 4 is 35.0 Å². The molecule has 0 saturated heterocycles. The van der Waals surface area contributed by atoms with Crippen LogP contribution >= 0.6 is 11.8 Å². The molecule has 0 fully saturated rings. The van der Waals surface area contributed by atoms with Gasteiger partial charge in [-0.05, 0) is 55.9 Å². The molecule has 0 spiro atoms. The fraction of sp³-hybridized carbons (Fsp3) is 0.357. The molecule has 0 saturated carbocycles. The van der Waals surface area contributed by atoms with Crippen LogP contribution in [0.25, 0.3) is 0 Å². The number of carbonyl (C=O) groups is 2. The molecule has 232 valence electrons. The van der Waals surface area contributed by atoms with Crippen molar-refractivity contribution in [1.29, 1.82) is 0 Å². The standard InChI is InChI=1S/C28H29F6N5O3S/c1-15-7-6-8-19(22(15)26(41)35-17(3)14-43-5)25(40)36-21-10-9-18(11-16(21)2)12-39-13-20(23(37-39)27(29,30)31)24(38-42-4)28(32,33)34/h6-11,13,17H,12,14H2,1-5H3,(H,35,41)(H,36,40)/b38-24-/t17-/m0/s1. The number of rotatable bonds is 10. The van der Waals surface area contributed by atoms with Gasteiger partial charge in [-0.1, -0.05) is 29.4 Å². The molecule has 43 heavy (non-hydrogen) atoms. The van der Waals surface area contributed by atoms with Gasteiger partial charge in [0, 0.05) is 23.7 Å². The van der Waals surface area contributed by atoms with Crippen molar-refractivity contribution in [1.82, 2.24) is 15.1 Å². The molecule has 1 aromatic heterocycles. The first kappa shape index (κ1) is 33.5. The van der Waals surface area contributed by atoms with E-state index in [9.17, 15) is 35.9 Å². The molecule has 0 bridgehead atoms. The number of hydrogen-bond acceptors (Lipinski definition) is 6. The third-order valence-corrected chi connectivity index (χ3v) is 6.99. The fourth-order valence-electron chi connectivity index (χ4n) is 4.32. The normalized spacial score (nSPS) is 13.0. The Bertz CT molecular complexity index is 1520. The van der Waals surface area contributed by atoms with Crippen LogP contribution in [0.15, 0.2) is 47.8 Å². The van der Waals surface area contributed by atoms with Gasteiger partial charge in [0.15, 0.2) is 11.4 Å². The average Bonchev–Trinajstić information content (AvgIpc) is 3.31. The van der Waals surface area contributed by atoms with Crippen LogP contribution in [0.2, 0.25) is 0 Å². The van der Waals surface area contributed by atoms with Gasteiger partial charge in [-0.3, -0.25) is 14.3 Å². The molecule has 0 aliphatic heterocycles. The molecule has 2 amide bonds. The van der Waals surface area contributed by atoms with Crippen LogP contribution in [0.3, 0.4) is 0 Å². The summed E-state index contributed by atoms with van der Waals surface area (Å²) in [4.78, 5) is 30.3. The lowest BCUT2D eigenvalue weighted by Gasteiger charge is -2.17. The Kier molecular flexibility index (Phi) is 10.5. The topological polar surface area (TPSA) is 97.6 Å². The van der Waals surface area contributed by atoms with Gasteiger partial charge in [0.1, 0.15) is 7.11 Å². The molecule has 3 aromatic rings. The highest BCUT2D eigenvalue weighted by Gasteiger charge is 2.46. The molecule has 0 aliphatic carbocycles. The van der Waals surface area contributed by atoms with E-state index in [1.165, 1.54) is 18.2 Å². The molecule has 0 radical (unpaired) electrons. The first-order valence-electron chi connectivity index (χ1n) is 12.7. The minimum absolute atomic E-state index is 0.127. The third-order valence-electron chi connectivity index (χ3n) is 6.16. The zero-order valence-electron chi connectivity index (χ0n) is 23.8. The highest BCUT2D eigenvalue weighted by atomic mass is 32.2. The molecule has 15 heteroatoms. The molecule has 2 aromatic carbocycles. The van der Waals surface area contributed by atoms with E-state index in [1.807, 2.05) is 13.2 Å². The molecule has 2 N–H and O–H groups in total. The second-order valence-corrected chi connectivity index (χ2v) is 10.5. The maximum absolute atomic E-state index is 13.6. The Balaban J connectivity index is 1.87. The Labute approximate surface area is 247 Å². The minimum Gasteiger partial charge on any atom is -0.399 e. The Morgan fingerprint density at radius 1 is 1.05 bits per heavy atom. The van der Waals surface area contributed by atoms with Crippen molar-refractivity contribution < 1.29 is 40.8 Å². The van der Waals surface area contributed by atoms with Gasteiger partial charge < -0.3 is 15.5 Å². The predicted molar refractivity (Wildman–Crippen MR) is 152 cm³/mol. The lowest BCUT2D eigenvalue weighted by molar-refractivity contribution is -0.141. The third kappa shape index (κ3) is 8.30. The maximum atomic E-state index is 13.6. The lowest BCUT2D eigenvalue weighted by Crippen LogP contribution is -2.36. The molecule has 8 nitrogen and oxygen atoms in total. The van der Waals surface area contributed by atoms with E-state index in [1.54, 1.807) is 43.8 Å². The SMILES string of the molecule is CO/N=C(/c1cn(Cc2ccc(NC(=O)c3cccc(C)c3C(=O)N[C@@H](C)CSC)c(C)c2)nc1C(F)(F)F)C(F)(F)F. The summed E-state index contributed by atoms with van der Waals surface area (Å²) in [6.45, 7) is 4.89. The monoisotopic (exact) mass is 629 g/mol. The summed E-state index contributed by atoms with van der Waals surface area (Å²) in [5.41, 5.74) is -2.65. The fourth-order valence-corrected chi connectivity index (χ4v) is 4.90. The van der Waals surface area contributed by atoms with Gasteiger partial charge in [0.2, 0.25) is 0 Å². The number of nitrogens with one attached hydrogen (secondary N) is 2. The molecule has 0 aliphatic rings. The van der Waals surface area contributed by atoms with E-state index in [-0.39, 0.29) is 23.7 Å². The number of oxime groups is 1. The van der Waals surface area contributed by atoms with Gasteiger partial charge in [0.25, 0.3) is 11.8 Å². The van der Waals surface area contributed by atoms with E-state index in [4.69, 9.17) is 0 Å². The summed E-state index contributed by atoms with van der Waals surface area (Å²) >= 11 is 1.57. The zero-order valence-corrected chi connectivity index (χ0v) is 24.6. The van der Waals surface area contributed by atoms with E-state index < -0.39 is 41.1 Å². The number of anilines is 1. The molecular formula is C28H29F6N5O3S. The maximum Gasteiger partial charge on any atom is 0.437 e. The second-order valence-electron chi connectivity index (χ2n) is 9.64. The Morgan fingerprint density at radius 3 is 2.33 bits per heavy atom. The van der Waals surface area contributed by atoms with Crippen molar-refractivity contribution in [2.45, 2.75) is 45.7 Å². The zero-order chi connectivity index (χ0) is 32.1. The number of benzene rings is 2. The van der Waals surface area contributed by atoms with Crippen LogP contribution in [0.4, 0.5) is 32.0 Å². The second kappa shape index (κ2) is 13.5. The summed E-state index contributed by atoms with van der Waals surface area (Å²) in [7, 11) is 0.786. The molecule has 1 heterocycles. The van der Waals surface area contributed by atoms with Crippen molar-refractivity contribution in [3.8, 4) is 0 Å². The number of halogens is 6. The van der Waals surface area contributed by atoms with Gasteiger partial charge >= 0.3 is 12.4 Å². The molecule has 0 unspecified atom stereocenters. The van der Waals surface area contributed by atoms with Crippen molar-refractivity contribution in [2.75, 3.05) is 24.4 Å². The van der Waals surface area contributed by atoms with Crippen molar-refractivity contribution in [2.24, 2.45) is 5.16 Å². The van der Waals surface area contributed by atoms with E-state index >= 15 is 0 Å². The highest BCUT2D eigenvalue weighted by Crippen LogP contribution is 2.34. The Morgan fingerprint density at radius 2 is 1.74 bits per heavy atom. The number of alkyl halides is 6. The van der Waals surface area contributed by atoms with E-state index in [0.29, 0.717) is 34.3 Å². The van der Waals surface area contributed by atoms with Crippen LogP contribution in [0.1, 0.15) is 55.6 Å². The van der Waals surface area contributed by atoms with Crippen LogP contribution in [0, 0.1) is 13.8 Å². The number of thioether (sulfide) groups is 1. The van der Waals surface area contributed by atoms with Crippen LogP contribution in [0.5, 0.6) is 0 Å². The van der Waals surface area contributed by atoms with E-state index in [0.717, 1.165) is 11.8 Å². The average molecular weight is 630 g/mol. The minimum atomic E-state index is -5.23. The van der Waals surface area contributed by atoms with Gasteiger partial charge in [-0.2, -0.15) is 43.2 Å². The summed E-state index contributed by atoms with van der Waals surface area (Å²) < 4.78 is 81.7. The van der Waals surface area contributed by atoms with Crippen LogP contribution in [-0.4, -0.2) is 58.6 Å². The van der Waals surface area contributed by atoms with E-state index in [2.05, 4.69) is 25.7 Å².